The van der Waals surface area contributed by atoms with Crippen LogP contribution in [0.25, 0.3) is 10.8 Å². The van der Waals surface area contributed by atoms with Crippen molar-refractivity contribution in [3.05, 3.63) is 102 Å². The molecule has 0 bridgehead atoms. The zero-order valence-corrected chi connectivity index (χ0v) is 23.0. The molecule has 0 aromatic heterocycles. The van der Waals surface area contributed by atoms with Gasteiger partial charge in [-0.25, -0.2) is 10.2 Å². The Balaban J connectivity index is 1.49. The van der Waals surface area contributed by atoms with E-state index in [0.29, 0.717) is 35.0 Å². The zero-order chi connectivity index (χ0) is 29.2. The summed E-state index contributed by atoms with van der Waals surface area (Å²) in [6.45, 7) is 3.45. The number of nitrogens with one attached hydrogen (secondary N) is 1. The molecule has 4 aromatic rings. The van der Waals surface area contributed by atoms with Crippen molar-refractivity contribution in [3.8, 4) is 28.7 Å². The number of benzene rings is 4. The van der Waals surface area contributed by atoms with Gasteiger partial charge >= 0.3 is 5.97 Å². The van der Waals surface area contributed by atoms with Gasteiger partial charge in [0.2, 0.25) is 0 Å². The first-order valence-electron chi connectivity index (χ1n) is 12.7. The number of fused-ring (bicyclic) bond motifs is 1. The Hall–Kier alpha value is -5.31. The topological polar surface area (TPSA) is 105 Å². The Labute approximate surface area is 237 Å². The molecular formula is C32H30N2O7. The molecule has 0 saturated heterocycles. The Kier molecular flexibility index (Phi) is 9.56. The third-order valence-electron chi connectivity index (χ3n) is 6.10. The predicted octanol–water partition coefficient (Wildman–Crippen LogP) is 5.34. The zero-order valence-electron chi connectivity index (χ0n) is 23.0. The summed E-state index contributed by atoms with van der Waals surface area (Å²) in [5.41, 5.74) is 4.25. The monoisotopic (exact) mass is 554 g/mol. The molecule has 1 N–H and O–H groups in total. The van der Waals surface area contributed by atoms with Crippen LogP contribution >= 0.6 is 0 Å². The van der Waals surface area contributed by atoms with E-state index in [1.54, 1.807) is 30.3 Å². The summed E-state index contributed by atoms with van der Waals surface area (Å²) in [6.07, 6.45) is 3.91. The number of ether oxygens (including phenoxy) is 5. The third-order valence-corrected chi connectivity index (χ3v) is 6.10. The molecule has 0 spiro atoms. The minimum absolute atomic E-state index is 0.266. The van der Waals surface area contributed by atoms with Gasteiger partial charge in [0, 0.05) is 5.56 Å². The van der Waals surface area contributed by atoms with Crippen molar-refractivity contribution in [1.82, 2.24) is 5.43 Å². The van der Waals surface area contributed by atoms with Crippen LogP contribution in [0.1, 0.15) is 21.5 Å². The van der Waals surface area contributed by atoms with Crippen LogP contribution in [0.3, 0.4) is 0 Å². The number of rotatable bonds is 12. The number of esters is 1. The summed E-state index contributed by atoms with van der Waals surface area (Å²) >= 11 is 0. The highest BCUT2D eigenvalue weighted by Gasteiger charge is 2.16. The van der Waals surface area contributed by atoms with Gasteiger partial charge in [-0.2, -0.15) is 5.10 Å². The number of nitrogens with zero attached hydrogens (tertiary/aromatic N) is 1. The quantitative estimate of drug-likeness (QED) is 0.0828. The second-order valence-electron chi connectivity index (χ2n) is 8.72. The van der Waals surface area contributed by atoms with E-state index in [-0.39, 0.29) is 17.9 Å². The molecular weight excluding hydrogens is 524 g/mol. The van der Waals surface area contributed by atoms with Crippen LogP contribution in [0.15, 0.2) is 90.6 Å². The smallest absolute Gasteiger partial charge is 0.343 e. The third kappa shape index (κ3) is 7.02. The van der Waals surface area contributed by atoms with Gasteiger partial charge in [0.1, 0.15) is 5.75 Å². The lowest BCUT2D eigenvalue weighted by Crippen LogP contribution is -2.24. The molecule has 9 heteroatoms. The van der Waals surface area contributed by atoms with Crippen LogP contribution in [-0.4, -0.2) is 46.0 Å². The largest absolute Gasteiger partial charge is 0.493 e. The molecule has 0 aliphatic carbocycles. The van der Waals surface area contributed by atoms with Crippen molar-refractivity contribution in [2.75, 3.05) is 27.9 Å². The maximum absolute atomic E-state index is 13.0. The van der Waals surface area contributed by atoms with Crippen molar-refractivity contribution in [2.24, 2.45) is 5.10 Å². The highest BCUT2D eigenvalue weighted by atomic mass is 16.5. The second kappa shape index (κ2) is 13.7. The summed E-state index contributed by atoms with van der Waals surface area (Å²) in [7, 11) is 4.53. The van der Waals surface area contributed by atoms with Crippen LogP contribution in [0.2, 0.25) is 0 Å². The summed E-state index contributed by atoms with van der Waals surface area (Å²) in [5.74, 6) is 1.02. The van der Waals surface area contributed by atoms with Gasteiger partial charge in [-0.1, -0.05) is 42.5 Å². The molecule has 4 rings (SSSR count). The summed E-state index contributed by atoms with van der Waals surface area (Å²) in [4.78, 5) is 25.5. The van der Waals surface area contributed by atoms with Crippen molar-refractivity contribution < 1.29 is 33.3 Å². The van der Waals surface area contributed by atoms with E-state index < -0.39 is 11.9 Å². The number of carbonyl (C=O) groups is 2. The molecule has 0 heterocycles. The molecule has 0 saturated carbocycles. The van der Waals surface area contributed by atoms with Gasteiger partial charge in [-0.15, -0.1) is 6.58 Å². The van der Waals surface area contributed by atoms with Crippen LogP contribution in [-0.2, 0) is 11.2 Å². The highest BCUT2D eigenvalue weighted by molar-refractivity contribution is 6.04. The molecule has 9 nitrogen and oxygen atoms in total. The number of amides is 1. The fraction of sp³-hybridized carbons (Fsp3) is 0.156. The van der Waals surface area contributed by atoms with E-state index in [1.165, 1.54) is 33.6 Å². The van der Waals surface area contributed by atoms with Crippen molar-refractivity contribution >= 4 is 28.9 Å². The van der Waals surface area contributed by atoms with E-state index >= 15 is 0 Å². The molecule has 1 amide bonds. The molecule has 0 aliphatic heterocycles. The molecule has 0 atom stereocenters. The fourth-order valence-electron chi connectivity index (χ4n) is 4.09. The van der Waals surface area contributed by atoms with E-state index in [1.807, 2.05) is 42.5 Å². The summed E-state index contributed by atoms with van der Waals surface area (Å²) in [5, 5.41) is 5.79. The van der Waals surface area contributed by atoms with Gasteiger partial charge < -0.3 is 23.7 Å². The number of carbonyl (C=O) groups excluding carboxylic acids is 2. The molecule has 0 radical (unpaired) electrons. The standard InChI is InChI=1S/C32H30N2O7/c1-5-8-21-11-14-28(29(17-21)38-3)40-20-31(35)34-33-19-25-24-10-7-6-9-22(24)12-15-26(25)41-32(36)23-13-16-27(37-2)30(18-23)39-4/h5-7,9-19H,1,8,20H2,2-4H3,(H,34,35)/b33-19-. The first kappa shape index (κ1) is 28.7. The Morgan fingerprint density at radius 3 is 2.29 bits per heavy atom. The number of hydrogen-bond donors (Lipinski definition) is 1. The minimum atomic E-state index is -0.596. The van der Waals surface area contributed by atoms with Crippen molar-refractivity contribution in [3.63, 3.8) is 0 Å². The summed E-state index contributed by atoms with van der Waals surface area (Å²) < 4.78 is 27.3. The lowest BCUT2D eigenvalue weighted by molar-refractivity contribution is -0.123. The lowest BCUT2D eigenvalue weighted by atomic mass is 10.0. The van der Waals surface area contributed by atoms with Crippen LogP contribution < -0.4 is 29.1 Å². The normalized spacial score (nSPS) is 10.7. The van der Waals surface area contributed by atoms with E-state index in [0.717, 1.165) is 16.3 Å². The molecule has 4 aromatic carbocycles. The van der Waals surface area contributed by atoms with Gasteiger partial charge in [0.05, 0.1) is 33.1 Å². The SMILES string of the molecule is C=CCc1ccc(OCC(=O)N/N=C\c2c(OC(=O)c3ccc(OC)c(OC)c3)ccc3ccccc23)c(OC)c1. The number of methoxy groups -OCH3 is 3. The number of allylic oxidation sites excluding steroid dienone is 1. The van der Waals surface area contributed by atoms with Crippen LogP contribution in [0, 0.1) is 0 Å². The second-order valence-corrected chi connectivity index (χ2v) is 8.72. The average molecular weight is 555 g/mol. The molecule has 210 valence electrons. The average Bonchev–Trinajstić information content (AvgIpc) is 3.00. The number of hydrazone groups is 1. The Morgan fingerprint density at radius 1 is 0.829 bits per heavy atom. The van der Waals surface area contributed by atoms with Gasteiger partial charge in [-0.05, 0) is 59.2 Å². The van der Waals surface area contributed by atoms with Gasteiger partial charge in [0.25, 0.3) is 5.91 Å². The first-order chi connectivity index (χ1) is 20.0. The fourth-order valence-corrected chi connectivity index (χ4v) is 4.09. The first-order valence-corrected chi connectivity index (χ1v) is 12.7. The predicted molar refractivity (Wildman–Crippen MR) is 157 cm³/mol. The Bertz CT molecular complexity index is 1600. The van der Waals surface area contributed by atoms with E-state index in [9.17, 15) is 9.59 Å². The van der Waals surface area contributed by atoms with E-state index in [2.05, 4.69) is 17.1 Å². The molecule has 0 unspecified atom stereocenters. The summed E-state index contributed by atoms with van der Waals surface area (Å²) in [6, 6.07) is 21.3. The molecule has 0 aliphatic rings. The van der Waals surface area contributed by atoms with Crippen LogP contribution in [0.5, 0.6) is 28.7 Å². The lowest BCUT2D eigenvalue weighted by Gasteiger charge is -2.12. The maximum Gasteiger partial charge on any atom is 0.343 e. The van der Waals surface area contributed by atoms with Crippen LogP contribution in [0.4, 0.5) is 0 Å². The number of hydrogen-bond acceptors (Lipinski definition) is 8. The maximum atomic E-state index is 13.0. The highest BCUT2D eigenvalue weighted by Crippen LogP contribution is 2.31. The van der Waals surface area contributed by atoms with E-state index in [4.69, 9.17) is 23.7 Å². The van der Waals surface area contributed by atoms with Gasteiger partial charge in [0.15, 0.2) is 29.6 Å². The van der Waals surface area contributed by atoms with Crippen molar-refractivity contribution in [1.29, 1.82) is 0 Å². The van der Waals surface area contributed by atoms with Crippen molar-refractivity contribution in [2.45, 2.75) is 6.42 Å². The molecule has 0 fully saturated rings. The van der Waals surface area contributed by atoms with Gasteiger partial charge in [-0.3, -0.25) is 4.79 Å². The molecule has 41 heavy (non-hydrogen) atoms. The Morgan fingerprint density at radius 2 is 1.54 bits per heavy atom. The minimum Gasteiger partial charge on any atom is -0.493 e.